The van der Waals surface area contributed by atoms with Crippen molar-refractivity contribution >= 4 is 35.8 Å². The summed E-state index contributed by atoms with van der Waals surface area (Å²) in [6.07, 6.45) is 1.33. The zero-order valence-electron chi connectivity index (χ0n) is 13.2. The van der Waals surface area contributed by atoms with Gasteiger partial charge in [0.25, 0.3) is 0 Å². The highest BCUT2D eigenvalue weighted by atomic mass is 127. The summed E-state index contributed by atoms with van der Waals surface area (Å²) in [5.41, 5.74) is 0. The number of halogens is 1. The molecule has 0 aromatic rings. The van der Waals surface area contributed by atoms with Gasteiger partial charge < -0.3 is 20.0 Å². The van der Waals surface area contributed by atoms with Crippen molar-refractivity contribution in [1.29, 1.82) is 0 Å². The Kier molecular flexibility index (Phi) is 8.31. The Morgan fingerprint density at radius 3 is 2.19 bits per heavy atom. The van der Waals surface area contributed by atoms with Crippen LogP contribution in [0.3, 0.4) is 0 Å². The maximum Gasteiger partial charge on any atom is 0.219 e. The first-order chi connectivity index (χ1) is 9.70. The van der Waals surface area contributed by atoms with Crippen LogP contribution in [0.5, 0.6) is 0 Å². The molecule has 2 aliphatic rings. The number of guanidine groups is 1. The molecule has 122 valence electrons. The Morgan fingerprint density at radius 1 is 1.10 bits per heavy atom. The van der Waals surface area contributed by atoms with Crippen molar-refractivity contribution in [2.75, 3.05) is 58.9 Å². The Hall–Kier alpha value is -0.570. The molecule has 2 aliphatic heterocycles. The van der Waals surface area contributed by atoms with Gasteiger partial charge in [-0.25, -0.2) is 0 Å². The molecule has 1 N–H and O–H groups in total. The van der Waals surface area contributed by atoms with Gasteiger partial charge in [-0.15, -0.1) is 24.0 Å². The van der Waals surface area contributed by atoms with E-state index in [4.69, 9.17) is 4.99 Å². The number of rotatable bonds is 4. The van der Waals surface area contributed by atoms with E-state index >= 15 is 0 Å². The topological polar surface area (TPSA) is 51.2 Å². The SMILES string of the molecule is CCNC(=NCCN1CCC1)N1CCN(C(C)=O)CC1.I. The van der Waals surface area contributed by atoms with Crippen molar-refractivity contribution in [2.24, 2.45) is 4.99 Å². The third kappa shape index (κ3) is 5.61. The molecule has 0 aliphatic carbocycles. The number of nitrogens with zero attached hydrogens (tertiary/aromatic N) is 4. The molecule has 0 bridgehead atoms. The number of aliphatic imine (C=N–C) groups is 1. The fourth-order valence-corrected chi connectivity index (χ4v) is 2.56. The first kappa shape index (κ1) is 18.5. The lowest BCUT2D eigenvalue weighted by Gasteiger charge is -2.36. The number of amides is 1. The molecule has 2 fully saturated rings. The van der Waals surface area contributed by atoms with E-state index in [-0.39, 0.29) is 29.9 Å². The maximum atomic E-state index is 11.3. The van der Waals surface area contributed by atoms with E-state index in [9.17, 15) is 4.79 Å². The number of hydrogen-bond acceptors (Lipinski definition) is 3. The molecule has 0 aromatic heterocycles. The molecule has 21 heavy (non-hydrogen) atoms. The van der Waals surface area contributed by atoms with Gasteiger partial charge in [0.15, 0.2) is 5.96 Å². The standard InChI is InChI=1S/C14H27N5O.HI/c1-3-15-14(16-5-8-17-6-4-7-17)19-11-9-18(10-12-19)13(2)20;/h3-12H2,1-2H3,(H,15,16);1H. The molecule has 2 saturated heterocycles. The summed E-state index contributed by atoms with van der Waals surface area (Å²) in [7, 11) is 0. The highest BCUT2D eigenvalue weighted by Crippen LogP contribution is 2.05. The van der Waals surface area contributed by atoms with E-state index in [1.807, 2.05) is 4.90 Å². The van der Waals surface area contributed by atoms with Gasteiger partial charge in [0.05, 0.1) is 6.54 Å². The molecule has 0 unspecified atom stereocenters. The van der Waals surface area contributed by atoms with Gasteiger partial charge in [-0.3, -0.25) is 9.79 Å². The van der Waals surface area contributed by atoms with Crippen LogP contribution in [0.25, 0.3) is 0 Å². The van der Waals surface area contributed by atoms with Crippen molar-refractivity contribution in [3.8, 4) is 0 Å². The minimum Gasteiger partial charge on any atom is -0.357 e. The van der Waals surface area contributed by atoms with Crippen LogP contribution in [0.4, 0.5) is 0 Å². The van der Waals surface area contributed by atoms with Crippen molar-refractivity contribution in [1.82, 2.24) is 20.0 Å². The Labute approximate surface area is 145 Å². The highest BCUT2D eigenvalue weighted by molar-refractivity contribution is 14.0. The van der Waals surface area contributed by atoms with Crippen LogP contribution in [0, 0.1) is 0 Å². The number of nitrogens with one attached hydrogen (secondary N) is 1. The van der Waals surface area contributed by atoms with Gasteiger partial charge >= 0.3 is 0 Å². The zero-order chi connectivity index (χ0) is 14.4. The van der Waals surface area contributed by atoms with Crippen LogP contribution in [0.15, 0.2) is 4.99 Å². The number of carbonyl (C=O) groups is 1. The number of carbonyl (C=O) groups excluding carboxylic acids is 1. The number of hydrogen-bond donors (Lipinski definition) is 1. The van der Waals surface area contributed by atoms with E-state index in [2.05, 4.69) is 22.0 Å². The lowest BCUT2D eigenvalue weighted by Crippen LogP contribution is -2.53. The second-order valence-electron chi connectivity index (χ2n) is 5.42. The van der Waals surface area contributed by atoms with E-state index in [0.717, 1.165) is 51.8 Å². The smallest absolute Gasteiger partial charge is 0.219 e. The normalized spacial score (nSPS) is 19.8. The molecule has 7 heteroatoms. The zero-order valence-corrected chi connectivity index (χ0v) is 15.5. The van der Waals surface area contributed by atoms with Gasteiger partial charge in [-0.1, -0.05) is 0 Å². The molecule has 2 heterocycles. The lowest BCUT2D eigenvalue weighted by molar-refractivity contribution is -0.130. The number of piperazine rings is 1. The maximum absolute atomic E-state index is 11.3. The molecular formula is C14H28IN5O. The monoisotopic (exact) mass is 409 g/mol. The Balaban J connectivity index is 0.00000220. The third-order valence-electron chi connectivity index (χ3n) is 3.99. The minimum absolute atomic E-state index is 0. The summed E-state index contributed by atoms with van der Waals surface area (Å²) < 4.78 is 0. The van der Waals surface area contributed by atoms with Crippen molar-refractivity contribution in [3.63, 3.8) is 0 Å². The minimum atomic E-state index is 0. The van der Waals surface area contributed by atoms with Crippen LogP contribution in [0.2, 0.25) is 0 Å². The molecule has 2 rings (SSSR count). The molecule has 0 spiro atoms. The fraction of sp³-hybridized carbons (Fsp3) is 0.857. The van der Waals surface area contributed by atoms with E-state index < -0.39 is 0 Å². The predicted molar refractivity (Wildman–Crippen MR) is 96.3 cm³/mol. The molecular weight excluding hydrogens is 381 g/mol. The molecule has 0 radical (unpaired) electrons. The second kappa shape index (κ2) is 9.45. The second-order valence-corrected chi connectivity index (χ2v) is 5.42. The Bertz CT molecular complexity index is 351. The van der Waals surface area contributed by atoms with Crippen LogP contribution in [-0.4, -0.2) is 85.5 Å². The average molecular weight is 409 g/mol. The summed E-state index contributed by atoms with van der Waals surface area (Å²) >= 11 is 0. The van der Waals surface area contributed by atoms with E-state index in [0.29, 0.717) is 0 Å². The highest BCUT2D eigenvalue weighted by Gasteiger charge is 2.21. The van der Waals surface area contributed by atoms with Crippen LogP contribution >= 0.6 is 24.0 Å². The van der Waals surface area contributed by atoms with E-state index in [1.54, 1.807) is 6.92 Å². The van der Waals surface area contributed by atoms with Crippen molar-refractivity contribution < 1.29 is 4.79 Å². The Morgan fingerprint density at radius 2 is 1.71 bits per heavy atom. The summed E-state index contributed by atoms with van der Waals surface area (Å²) in [6, 6.07) is 0. The van der Waals surface area contributed by atoms with E-state index in [1.165, 1.54) is 19.5 Å². The summed E-state index contributed by atoms with van der Waals surface area (Å²) in [6.45, 7) is 12.3. The molecule has 1 amide bonds. The average Bonchev–Trinajstić information content (AvgIpc) is 2.40. The summed E-state index contributed by atoms with van der Waals surface area (Å²) in [5, 5.41) is 3.36. The molecule has 0 aromatic carbocycles. The largest absolute Gasteiger partial charge is 0.357 e. The lowest BCUT2D eigenvalue weighted by atomic mass is 10.2. The third-order valence-corrected chi connectivity index (χ3v) is 3.99. The van der Waals surface area contributed by atoms with Crippen LogP contribution < -0.4 is 5.32 Å². The van der Waals surface area contributed by atoms with Gasteiger partial charge in [-0.2, -0.15) is 0 Å². The van der Waals surface area contributed by atoms with Gasteiger partial charge in [0.2, 0.25) is 5.91 Å². The van der Waals surface area contributed by atoms with Crippen LogP contribution in [0.1, 0.15) is 20.3 Å². The summed E-state index contributed by atoms with van der Waals surface area (Å²) in [5.74, 6) is 1.17. The van der Waals surface area contributed by atoms with Crippen molar-refractivity contribution in [2.45, 2.75) is 20.3 Å². The number of likely N-dealkylation sites (tertiary alicyclic amines) is 1. The first-order valence-corrected chi connectivity index (χ1v) is 7.72. The molecule has 0 atom stereocenters. The van der Waals surface area contributed by atoms with Gasteiger partial charge in [0.1, 0.15) is 0 Å². The molecule has 6 nitrogen and oxygen atoms in total. The van der Waals surface area contributed by atoms with Gasteiger partial charge in [-0.05, 0) is 26.4 Å². The van der Waals surface area contributed by atoms with Gasteiger partial charge in [0, 0.05) is 46.2 Å². The first-order valence-electron chi connectivity index (χ1n) is 7.72. The quantitative estimate of drug-likeness (QED) is 0.416. The fourth-order valence-electron chi connectivity index (χ4n) is 2.56. The van der Waals surface area contributed by atoms with Crippen LogP contribution in [-0.2, 0) is 4.79 Å². The van der Waals surface area contributed by atoms with Crippen molar-refractivity contribution in [3.05, 3.63) is 0 Å². The molecule has 0 saturated carbocycles. The predicted octanol–water partition coefficient (Wildman–Crippen LogP) is 0.440. The summed E-state index contributed by atoms with van der Waals surface area (Å²) in [4.78, 5) is 22.7.